The molecule has 1 aromatic heterocycles. The lowest BCUT2D eigenvalue weighted by Crippen LogP contribution is -2.29. The van der Waals surface area contributed by atoms with Crippen molar-refractivity contribution in [2.45, 2.75) is 19.1 Å². The first kappa shape index (κ1) is 14.0. The van der Waals surface area contributed by atoms with Crippen LogP contribution in [0.2, 0.25) is 0 Å². The standard InChI is InChI=1S/C14H12Br2N2O2/c15-11-7-17-18(14(19)13(11)16)8-12-10-4-2-1-3-9(10)5-6-20-12/h1-4,7,12H,5-6,8H2. The lowest BCUT2D eigenvalue weighted by Gasteiger charge is -2.26. The van der Waals surface area contributed by atoms with Crippen LogP contribution in [-0.4, -0.2) is 16.4 Å². The molecule has 4 nitrogen and oxygen atoms in total. The quantitative estimate of drug-likeness (QED) is 0.779. The van der Waals surface area contributed by atoms with E-state index < -0.39 is 0 Å². The molecule has 1 atom stereocenters. The molecule has 6 heteroatoms. The fourth-order valence-electron chi connectivity index (χ4n) is 2.36. The third-order valence-electron chi connectivity index (χ3n) is 3.37. The third-order valence-corrected chi connectivity index (χ3v) is 5.27. The summed E-state index contributed by atoms with van der Waals surface area (Å²) >= 11 is 6.54. The van der Waals surface area contributed by atoms with Crippen LogP contribution in [0, 0.1) is 0 Å². The molecule has 0 fully saturated rings. The summed E-state index contributed by atoms with van der Waals surface area (Å²) in [6, 6.07) is 8.19. The Kier molecular flexibility index (Phi) is 4.05. The zero-order valence-corrected chi connectivity index (χ0v) is 13.7. The van der Waals surface area contributed by atoms with Crippen molar-refractivity contribution in [3.63, 3.8) is 0 Å². The lowest BCUT2D eigenvalue weighted by molar-refractivity contribution is 0.0272. The molecule has 1 unspecified atom stereocenters. The summed E-state index contributed by atoms with van der Waals surface area (Å²) in [6.07, 6.45) is 2.40. The summed E-state index contributed by atoms with van der Waals surface area (Å²) in [5.74, 6) is 0. The lowest BCUT2D eigenvalue weighted by atomic mass is 9.98. The maximum atomic E-state index is 12.1. The van der Waals surface area contributed by atoms with Gasteiger partial charge in [-0.2, -0.15) is 5.10 Å². The largest absolute Gasteiger partial charge is 0.371 e. The second kappa shape index (κ2) is 5.79. The number of rotatable bonds is 2. The molecule has 1 aliphatic heterocycles. The topological polar surface area (TPSA) is 44.1 Å². The Bertz CT molecular complexity index is 700. The van der Waals surface area contributed by atoms with Crippen LogP contribution in [0.5, 0.6) is 0 Å². The molecule has 3 rings (SSSR count). The summed E-state index contributed by atoms with van der Waals surface area (Å²) in [5.41, 5.74) is 2.27. The van der Waals surface area contributed by atoms with E-state index >= 15 is 0 Å². The number of nitrogens with zero attached hydrogens (tertiary/aromatic N) is 2. The van der Waals surface area contributed by atoms with Crippen molar-refractivity contribution < 1.29 is 4.74 Å². The second-order valence-corrected chi connectivity index (χ2v) is 6.25. The van der Waals surface area contributed by atoms with Crippen LogP contribution in [0.1, 0.15) is 17.2 Å². The number of benzene rings is 1. The van der Waals surface area contributed by atoms with Gasteiger partial charge in [0.1, 0.15) is 10.6 Å². The van der Waals surface area contributed by atoms with Gasteiger partial charge in [-0.1, -0.05) is 24.3 Å². The van der Waals surface area contributed by atoms with E-state index in [9.17, 15) is 4.79 Å². The average Bonchev–Trinajstić information content (AvgIpc) is 2.48. The second-order valence-electron chi connectivity index (χ2n) is 4.60. The number of ether oxygens (including phenoxy) is 1. The van der Waals surface area contributed by atoms with E-state index in [1.165, 1.54) is 10.2 Å². The van der Waals surface area contributed by atoms with E-state index in [0.29, 0.717) is 22.1 Å². The first-order chi connectivity index (χ1) is 9.66. The fraction of sp³-hybridized carbons (Fsp3) is 0.286. The van der Waals surface area contributed by atoms with Gasteiger partial charge in [0.05, 0.1) is 23.8 Å². The normalized spacial score (nSPS) is 17.8. The van der Waals surface area contributed by atoms with Gasteiger partial charge in [-0.05, 0) is 49.4 Å². The monoisotopic (exact) mass is 398 g/mol. The van der Waals surface area contributed by atoms with E-state index in [1.807, 2.05) is 12.1 Å². The van der Waals surface area contributed by atoms with Crippen LogP contribution in [0.4, 0.5) is 0 Å². The Labute approximate surface area is 133 Å². The summed E-state index contributed by atoms with van der Waals surface area (Å²) < 4.78 is 8.38. The van der Waals surface area contributed by atoms with Gasteiger partial charge in [0.15, 0.2) is 0 Å². The van der Waals surface area contributed by atoms with Crippen LogP contribution >= 0.6 is 31.9 Å². The van der Waals surface area contributed by atoms with Gasteiger partial charge in [0.2, 0.25) is 0 Å². The van der Waals surface area contributed by atoms with Crippen molar-refractivity contribution in [2.75, 3.05) is 6.61 Å². The van der Waals surface area contributed by atoms with Crippen molar-refractivity contribution in [1.82, 2.24) is 9.78 Å². The molecule has 0 spiro atoms. The summed E-state index contributed by atoms with van der Waals surface area (Å²) in [6.45, 7) is 1.09. The summed E-state index contributed by atoms with van der Waals surface area (Å²) in [4.78, 5) is 12.1. The molecule has 0 bridgehead atoms. The molecule has 1 aliphatic rings. The highest BCUT2D eigenvalue weighted by Crippen LogP contribution is 2.28. The molecule has 20 heavy (non-hydrogen) atoms. The molecular formula is C14H12Br2N2O2. The maximum absolute atomic E-state index is 12.1. The van der Waals surface area contributed by atoms with Crippen molar-refractivity contribution >= 4 is 31.9 Å². The van der Waals surface area contributed by atoms with Gasteiger partial charge in [-0.3, -0.25) is 4.79 Å². The maximum Gasteiger partial charge on any atom is 0.282 e. The number of fused-ring (bicyclic) bond motifs is 1. The number of hydrogen-bond acceptors (Lipinski definition) is 3. The van der Waals surface area contributed by atoms with E-state index in [1.54, 1.807) is 6.20 Å². The molecule has 2 heterocycles. The molecule has 104 valence electrons. The molecule has 0 amide bonds. The zero-order valence-electron chi connectivity index (χ0n) is 10.6. The Morgan fingerprint density at radius 1 is 1.35 bits per heavy atom. The average molecular weight is 400 g/mol. The van der Waals surface area contributed by atoms with Crippen molar-refractivity contribution in [3.8, 4) is 0 Å². The molecule has 0 radical (unpaired) electrons. The van der Waals surface area contributed by atoms with Gasteiger partial charge < -0.3 is 4.74 Å². The number of halogens is 2. The first-order valence-corrected chi connectivity index (χ1v) is 7.86. The summed E-state index contributed by atoms with van der Waals surface area (Å²) in [5, 5.41) is 4.15. The fourth-order valence-corrected chi connectivity index (χ4v) is 2.93. The van der Waals surface area contributed by atoms with E-state index in [4.69, 9.17) is 4.74 Å². The van der Waals surface area contributed by atoms with E-state index in [2.05, 4.69) is 49.1 Å². The predicted octanol–water partition coefficient (Wildman–Crippen LogP) is 3.08. The van der Waals surface area contributed by atoms with Crippen molar-refractivity contribution in [3.05, 3.63) is 60.9 Å². The molecule has 0 aliphatic carbocycles. The Hall–Kier alpha value is -0.980. The van der Waals surface area contributed by atoms with Crippen LogP contribution in [-0.2, 0) is 17.7 Å². The Balaban J connectivity index is 1.94. The first-order valence-electron chi connectivity index (χ1n) is 6.27. The highest BCUT2D eigenvalue weighted by Gasteiger charge is 2.22. The van der Waals surface area contributed by atoms with Gasteiger partial charge in [0.25, 0.3) is 5.56 Å². The number of hydrogen-bond donors (Lipinski definition) is 0. The van der Waals surface area contributed by atoms with Gasteiger partial charge in [-0.15, -0.1) is 0 Å². The van der Waals surface area contributed by atoms with Crippen molar-refractivity contribution in [1.29, 1.82) is 0 Å². The third kappa shape index (κ3) is 2.60. The zero-order chi connectivity index (χ0) is 14.1. The highest BCUT2D eigenvalue weighted by atomic mass is 79.9. The van der Waals surface area contributed by atoms with E-state index in [-0.39, 0.29) is 11.7 Å². The Morgan fingerprint density at radius 3 is 3.00 bits per heavy atom. The minimum absolute atomic E-state index is 0.127. The minimum Gasteiger partial charge on any atom is -0.371 e. The number of aromatic nitrogens is 2. The highest BCUT2D eigenvalue weighted by molar-refractivity contribution is 9.13. The molecule has 1 aromatic carbocycles. The van der Waals surface area contributed by atoms with Crippen LogP contribution < -0.4 is 5.56 Å². The van der Waals surface area contributed by atoms with E-state index in [0.717, 1.165) is 12.0 Å². The van der Waals surface area contributed by atoms with Crippen LogP contribution in [0.25, 0.3) is 0 Å². The summed E-state index contributed by atoms with van der Waals surface area (Å²) in [7, 11) is 0. The minimum atomic E-state index is -0.161. The molecule has 0 saturated heterocycles. The molecule has 2 aromatic rings. The van der Waals surface area contributed by atoms with Crippen LogP contribution in [0.3, 0.4) is 0 Å². The van der Waals surface area contributed by atoms with Gasteiger partial charge >= 0.3 is 0 Å². The van der Waals surface area contributed by atoms with Crippen molar-refractivity contribution in [2.24, 2.45) is 0 Å². The van der Waals surface area contributed by atoms with Crippen LogP contribution in [0.15, 0.2) is 44.2 Å². The van der Waals surface area contributed by atoms with Gasteiger partial charge in [0, 0.05) is 0 Å². The molecular weight excluding hydrogens is 388 g/mol. The molecule has 0 N–H and O–H groups in total. The SMILES string of the molecule is O=c1c(Br)c(Br)cnn1CC1OCCc2ccccc21. The predicted molar refractivity (Wildman–Crippen MR) is 82.7 cm³/mol. The Morgan fingerprint density at radius 2 is 2.15 bits per heavy atom. The van der Waals surface area contributed by atoms with Gasteiger partial charge in [-0.25, -0.2) is 4.68 Å². The smallest absolute Gasteiger partial charge is 0.282 e. The molecule has 0 saturated carbocycles.